The minimum absolute atomic E-state index is 0.295. The van der Waals surface area contributed by atoms with Crippen molar-refractivity contribution in [2.75, 3.05) is 24.3 Å². The summed E-state index contributed by atoms with van der Waals surface area (Å²) >= 11 is 1.55. The summed E-state index contributed by atoms with van der Waals surface area (Å²) in [7, 11) is 3.65. The van der Waals surface area contributed by atoms with Crippen molar-refractivity contribution in [3.8, 4) is 10.6 Å². The zero-order valence-electron chi connectivity index (χ0n) is 18.5. The first-order valence-electron chi connectivity index (χ1n) is 10.1. The number of hydrogen-bond acceptors (Lipinski definition) is 7. The topological polar surface area (TPSA) is 127 Å². The van der Waals surface area contributed by atoms with Crippen LogP contribution in [0.1, 0.15) is 22.8 Å². The Kier molecular flexibility index (Phi) is 7.62. The lowest BCUT2D eigenvalue weighted by atomic mass is 10.1. The number of carbonyl (C=O) groups is 3. The highest BCUT2D eigenvalue weighted by molar-refractivity contribution is 7.13. The minimum atomic E-state index is -1.07. The van der Waals surface area contributed by atoms with Gasteiger partial charge in [0.1, 0.15) is 5.01 Å². The van der Waals surface area contributed by atoms with Crippen LogP contribution in [0.15, 0.2) is 54.0 Å². The fourth-order valence-corrected chi connectivity index (χ4v) is 3.75. The van der Waals surface area contributed by atoms with Crippen LogP contribution in [-0.4, -0.2) is 43.1 Å². The molecule has 1 heterocycles. The SMILES string of the molecule is CC(OC(N)=O)C(=O)Nc1ccc(N(C)C)c(C(=O)NCc2cccc(-c3nccs3)c2)c1. The van der Waals surface area contributed by atoms with Crippen LogP contribution >= 0.6 is 11.3 Å². The lowest BCUT2D eigenvalue weighted by Crippen LogP contribution is -2.32. The third-order valence-corrected chi connectivity index (χ3v) is 5.53. The highest BCUT2D eigenvalue weighted by Gasteiger charge is 2.19. The van der Waals surface area contributed by atoms with Gasteiger partial charge < -0.3 is 26.0 Å². The first kappa shape index (κ1) is 23.7. The molecule has 0 aliphatic carbocycles. The van der Waals surface area contributed by atoms with E-state index in [1.54, 1.807) is 35.7 Å². The molecule has 33 heavy (non-hydrogen) atoms. The van der Waals surface area contributed by atoms with Gasteiger partial charge in [-0.05, 0) is 36.8 Å². The van der Waals surface area contributed by atoms with Gasteiger partial charge in [0.2, 0.25) is 0 Å². The quantitative estimate of drug-likeness (QED) is 0.467. The van der Waals surface area contributed by atoms with Crippen LogP contribution in [0.3, 0.4) is 0 Å². The molecule has 0 fully saturated rings. The highest BCUT2D eigenvalue weighted by Crippen LogP contribution is 2.24. The van der Waals surface area contributed by atoms with Gasteiger partial charge in [0.15, 0.2) is 6.10 Å². The molecule has 2 aromatic carbocycles. The number of thiazole rings is 1. The van der Waals surface area contributed by atoms with Crippen molar-refractivity contribution in [2.45, 2.75) is 19.6 Å². The van der Waals surface area contributed by atoms with Gasteiger partial charge >= 0.3 is 6.09 Å². The third kappa shape index (κ3) is 6.30. The molecule has 0 saturated heterocycles. The minimum Gasteiger partial charge on any atom is -0.437 e. The van der Waals surface area contributed by atoms with Gasteiger partial charge in [0.25, 0.3) is 11.8 Å². The van der Waals surface area contributed by atoms with Gasteiger partial charge in [0.05, 0.1) is 5.56 Å². The summed E-state index contributed by atoms with van der Waals surface area (Å²) in [5, 5.41) is 8.39. The second-order valence-corrected chi connectivity index (χ2v) is 8.31. The van der Waals surface area contributed by atoms with Crippen LogP contribution in [0.4, 0.5) is 16.2 Å². The standard InChI is InChI=1S/C23H25N5O4S/c1-14(32-23(24)31)20(29)27-17-7-8-19(28(2)3)18(12-17)21(30)26-13-15-5-4-6-16(11-15)22-25-9-10-33-22/h4-12,14H,13H2,1-3H3,(H2,24,31)(H,26,30)(H,27,29). The molecule has 3 aromatic rings. The predicted molar refractivity (Wildman–Crippen MR) is 128 cm³/mol. The van der Waals surface area contributed by atoms with E-state index in [4.69, 9.17) is 5.73 Å². The van der Waals surface area contributed by atoms with Crippen molar-refractivity contribution in [3.63, 3.8) is 0 Å². The lowest BCUT2D eigenvalue weighted by Gasteiger charge is -2.19. The molecule has 1 atom stereocenters. The van der Waals surface area contributed by atoms with Crippen LogP contribution < -0.4 is 21.3 Å². The number of rotatable bonds is 8. The molecule has 0 aliphatic heterocycles. The van der Waals surface area contributed by atoms with E-state index >= 15 is 0 Å². The number of benzene rings is 2. The molecular formula is C23H25N5O4S. The Hall–Kier alpha value is -3.92. The number of primary amides is 1. The van der Waals surface area contributed by atoms with Crippen LogP contribution in [0.5, 0.6) is 0 Å². The number of nitrogens with two attached hydrogens (primary N) is 1. The molecule has 0 radical (unpaired) electrons. The van der Waals surface area contributed by atoms with Crippen molar-refractivity contribution < 1.29 is 19.1 Å². The molecular weight excluding hydrogens is 442 g/mol. The first-order chi connectivity index (χ1) is 15.7. The fraction of sp³-hybridized carbons (Fsp3) is 0.217. The smallest absolute Gasteiger partial charge is 0.405 e. The molecule has 1 aromatic heterocycles. The van der Waals surface area contributed by atoms with Crippen molar-refractivity contribution >= 4 is 40.6 Å². The summed E-state index contributed by atoms with van der Waals surface area (Å²) in [6, 6.07) is 12.8. The van der Waals surface area contributed by atoms with Gasteiger partial charge in [-0.15, -0.1) is 11.3 Å². The zero-order valence-corrected chi connectivity index (χ0v) is 19.3. The van der Waals surface area contributed by atoms with Gasteiger partial charge in [-0.2, -0.15) is 0 Å². The number of hydrogen-bond donors (Lipinski definition) is 3. The van der Waals surface area contributed by atoms with Crippen molar-refractivity contribution in [1.29, 1.82) is 0 Å². The average molecular weight is 468 g/mol. The number of amides is 3. The molecule has 4 N–H and O–H groups in total. The molecule has 3 amide bonds. The van der Waals surface area contributed by atoms with E-state index in [1.165, 1.54) is 6.92 Å². The van der Waals surface area contributed by atoms with Crippen molar-refractivity contribution in [2.24, 2.45) is 5.73 Å². The number of nitrogens with one attached hydrogen (secondary N) is 2. The summed E-state index contributed by atoms with van der Waals surface area (Å²) in [6.45, 7) is 1.73. The number of ether oxygens (including phenoxy) is 1. The Balaban J connectivity index is 1.74. The summed E-state index contributed by atoms with van der Waals surface area (Å²) in [4.78, 5) is 42.2. The third-order valence-electron chi connectivity index (χ3n) is 4.71. The second kappa shape index (κ2) is 10.6. The average Bonchev–Trinajstić information content (AvgIpc) is 3.32. The van der Waals surface area contributed by atoms with Crippen molar-refractivity contribution in [1.82, 2.24) is 10.3 Å². The summed E-state index contributed by atoms with van der Waals surface area (Å²) in [5.74, 6) is -0.854. The van der Waals surface area contributed by atoms with Crippen LogP contribution in [0, 0.1) is 0 Å². The van der Waals surface area contributed by atoms with Crippen molar-refractivity contribution in [3.05, 3.63) is 65.2 Å². The normalized spacial score (nSPS) is 11.4. The van der Waals surface area contributed by atoms with Gasteiger partial charge in [-0.25, -0.2) is 9.78 Å². The maximum absolute atomic E-state index is 13.0. The highest BCUT2D eigenvalue weighted by atomic mass is 32.1. The van der Waals surface area contributed by atoms with E-state index in [1.807, 2.05) is 48.6 Å². The summed E-state index contributed by atoms with van der Waals surface area (Å²) in [5.41, 5.74) is 8.34. The Morgan fingerprint density at radius 2 is 1.97 bits per heavy atom. The van der Waals surface area contributed by atoms with E-state index in [-0.39, 0.29) is 5.91 Å². The molecule has 0 bridgehead atoms. The fourth-order valence-electron chi connectivity index (χ4n) is 3.12. The maximum atomic E-state index is 13.0. The lowest BCUT2D eigenvalue weighted by molar-refractivity contribution is -0.123. The van der Waals surface area contributed by atoms with Gasteiger partial charge in [-0.3, -0.25) is 9.59 Å². The molecule has 0 spiro atoms. The Bertz CT molecular complexity index is 1150. The zero-order chi connectivity index (χ0) is 24.0. The van der Waals surface area contributed by atoms with Gasteiger partial charge in [-0.1, -0.05) is 18.2 Å². The van der Waals surface area contributed by atoms with Crippen LogP contribution in [0.2, 0.25) is 0 Å². The Labute approximate surface area is 195 Å². The Morgan fingerprint density at radius 3 is 2.64 bits per heavy atom. The molecule has 9 nitrogen and oxygen atoms in total. The van der Waals surface area contributed by atoms with Crippen LogP contribution in [0.25, 0.3) is 10.6 Å². The molecule has 172 valence electrons. The number of carbonyl (C=O) groups excluding carboxylic acids is 3. The molecule has 10 heteroatoms. The first-order valence-corrected chi connectivity index (χ1v) is 11.0. The largest absolute Gasteiger partial charge is 0.437 e. The van der Waals surface area contributed by atoms with E-state index in [0.717, 1.165) is 16.1 Å². The van der Waals surface area contributed by atoms with E-state index in [9.17, 15) is 14.4 Å². The molecule has 0 saturated carbocycles. The summed E-state index contributed by atoms with van der Waals surface area (Å²) < 4.78 is 4.68. The number of anilines is 2. The van der Waals surface area contributed by atoms with Crippen LogP contribution in [-0.2, 0) is 16.1 Å². The van der Waals surface area contributed by atoms with Gasteiger partial charge in [0, 0.05) is 49.2 Å². The molecule has 0 aliphatic rings. The number of nitrogens with zero attached hydrogens (tertiary/aromatic N) is 2. The van der Waals surface area contributed by atoms with E-state index in [2.05, 4.69) is 20.4 Å². The van der Waals surface area contributed by atoms with E-state index < -0.39 is 18.1 Å². The monoisotopic (exact) mass is 467 g/mol. The predicted octanol–water partition coefficient (Wildman–Crippen LogP) is 3.23. The Morgan fingerprint density at radius 1 is 1.18 bits per heavy atom. The number of aromatic nitrogens is 1. The second-order valence-electron chi connectivity index (χ2n) is 7.42. The van der Waals surface area contributed by atoms with E-state index in [0.29, 0.717) is 23.5 Å². The summed E-state index contributed by atoms with van der Waals surface area (Å²) in [6.07, 6.45) is -0.359. The molecule has 3 rings (SSSR count). The molecule has 1 unspecified atom stereocenters. The maximum Gasteiger partial charge on any atom is 0.405 e.